The molecular weight excluding hydrogens is 262 g/mol. The average molecular weight is 287 g/mol. The van der Waals surface area contributed by atoms with Crippen LogP contribution in [0.25, 0.3) is 0 Å². The lowest BCUT2D eigenvalue weighted by atomic mass is 9.97. The van der Waals surface area contributed by atoms with Crippen molar-refractivity contribution in [3.8, 4) is 5.75 Å². The summed E-state index contributed by atoms with van der Waals surface area (Å²) in [5.41, 5.74) is 3.64. The van der Waals surface area contributed by atoms with Gasteiger partial charge in [-0.05, 0) is 31.0 Å². The van der Waals surface area contributed by atoms with Crippen LogP contribution in [0.2, 0.25) is 0 Å². The maximum atomic E-state index is 5.47. The first-order valence-corrected chi connectivity index (χ1v) is 7.49. The molecule has 1 aromatic carbocycles. The third-order valence-electron chi connectivity index (χ3n) is 3.86. The first-order valence-electron chi connectivity index (χ1n) is 7.49. The van der Waals surface area contributed by atoms with Gasteiger partial charge in [0.25, 0.3) is 0 Å². The standard InChI is InChI=1S/C17H25N3O/c1-6-20-17(15(21-5)11-19-20)16(18-4)14-9-7-13(8-10-14)12(2)3/h7-12,16,18H,6H2,1-5H3. The Balaban J connectivity index is 2.41. The lowest BCUT2D eigenvalue weighted by molar-refractivity contribution is 0.401. The van der Waals surface area contributed by atoms with Crippen molar-refractivity contribution in [1.29, 1.82) is 0 Å². The smallest absolute Gasteiger partial charge is 0.161 e. The van der Waals surface area contributed by atoms with Crippen LogP contribution in [0, 0.1) is 0 Å². The van der Waals surface area contributed by atoms with Gasteiger partial charge in [-0.25, -0.2) is 0 Å². The van der Waals surface area contributed by atoms with Crippen molar-refractivity contribution in [1.82, 2.24) is 15.1 Å². The molecule has 0 spiro atoms. The molecule has 1 unspecified atom stereocenters. The van der Waals surface area contributed by atoms with Gasteiger partial charge in [0.1, 0.15) is 5.69 Å². The molecule has 1 atom stereocenters. The number of benzene rings is 1. The first-order chi connectivity index (χ1) is 10.1. The van der Waals surface area contributed by atoms with Crippen LogP contribution in [0.4, 0.5) is 0 Å². The molecule has 0 aliphatic rings. The topological polar surface area (TPSA) is 39.1 Å². The SMILES string of the molecule is CCn1ncc(OC)c1C(NC)c1ccc(C(C)C)cc1. The van der Waals surface area contributed by atoms with E-state index in [9.17, 15) is 0 Å². The van der Waals surface area contributed by atoms with Crippen molar-refractivity contribution in [3.63, 3.8) is 0 Å². The maximum absolute atomic E-state index is 5.47. The van der Waals surface area contributed by atoms with Gasteiger partial charge in [-0.1, -0.05) is 38.1 Å². The molecule has 0 saturated carbocycles. The second-order valence-corrected chi connectivity index (χ2v) is 5.46. The first kappa shape index (κ1) is 15.6. The molecule has 114 valence electrons. The quantitative estimate of drug-likeness (QED) is 0.885. The predicted molar refractivity (Wildman–Crippen MR) is 85.9 cm³/mol. The Hall–Kier alpha value is -1.81. The number of aryl methyl sites for hydroxylation is 1. The molecule has 4 heteroatoms. The minimum atomic E-state index is 0.0728. The van der Waals surface area contributed by atoms with E-state index in [2.05, 4.69) is 55.5 Å². The van der Waals surface area contributed by atoms with Crippen molar-refractivity contribution in [2.24, 2.45) is 0 Å². The fourth-order valence-corrected chi connectivity index (χ4v) is 2.61. The van der Waals surface area contributed by atoms with Gasteiger partial charge in [-0.15, -0.1) is 0 Å². The second-order valence-electron chi connectivity index (χ2n) is 5.46. The summed E-state index contributed by atoms with van der Waals surface area (Å²) in [5.74, 6) is 1.37. The van der Waals surface area contributed by atoms with E-state index < -0.39 is 0 Å². The van der Waals surface area contributed by atoms with E-state index in [1.54, 1.807) is 13.3 Å². The lowest BCUT2D eigenvalue weighted by Gasteiger charge is -2.20. The monoisotopic (exact) mass is 287 g/mol. The van der Waals surface area contributed by atoms with E-state index in [0.29, 0.717) is 5.92 Å². The lowest BCUT2D eigenvalue weighted by Crippen LogP contribution is -2.22. The van der Waals surface area contributed by atoms with Crippen LogP contribution < -0.4 is 10.1 Å². The number of aromatic nitrogens is 2. The highest BCUT2D eigenvalue weighted by atomic mass is 16.5. The van der Waals surface area contributed by atoms with E-state index in [4.69, 9.17) is 4.74 Å². The highest BCUT2D eigenvalue weighted by Crippen LogP contribution is 2.30. The third-order valence-corrected chi connectivity index (χ3v) is 3.86. The number of nitrogens with zero attached hydrogens (tertiary/aromatic N) is 2. The summed E-state index contributed by atoms with van der Waals surface area (Å²) in [6.07, 6.45) is 1.78. The Morgan fingerprint density at radius 3 is 2.29 bits per heavy atom. The van der Waals surface area contributed by atoms with E-state index in [1.807, 2.05) is 11.7 Å². The van der Waals surface area contributed by atoms with Crippen LogP contribution in [0.5, 0.6) is 5.75 Å². The fraction of sp³-hybridized carbons (Fsp3) is 0.471. The van der Waals surface area contributed by atoms with Crippen molar-refractivity contribution >= 4 is 0 Å². The zero-order chi connectivity index (χ0) is 15.4. The number of rotatable bonds is 6. The van der Waals surface area contributed by atoms with Crippen molar-refractivity contribution in [2.45, 2.75) is 39.3 Å². The van der Waals surface area contributed by atoms with E-state index >= 15 is 0 Å². The molecule has 0 bridgehead atoms. The molecule has 0 saturated heterocycles. The Morgan fingerprint density at radius 1 is 1.19 bits per heavy atom. The number of methoxy groups -OCH3 is 1. The van der Waals surface area contributed by atoms with Crippen molar-refractivity contribution in [2.75, 3.05) is 14.2 Å². The minimum absolute atomic E-state index is 0.0728. The van der Waals surface area contributed by atoms with Crippen LogP contribution in [-0.4, -0.2) is 23.9 Å². The van der Waals surface area contributed by atoms with Gasteiger partial charge in [-0.2, -0.15) is 5.10 Å². The van der Waals surface area contributed by atoms with E-state index in [-0.39, 0.29) is 6.04 Å². The Morgan fingerprint density at radius 2 is 1.81 bits per heavy atom. The molecule has 1 heterocycles. The number of hydrogen-bond donors (Lipinski definition) is 1. The molecule has 0 aliphatic heterocycles. The maximum Gasteiger partial charge on any atom is 0.161 e. The molecular formula is C17H25N3O. The highest BCUT2D eigenvalue weighted by molar-refractivity contribution is 5.37. The summed E-state index contributed by atoms with van der Waals surface area (Å²) in [4.78, 5) is 0. The van der Waals surface area contributed by atoms with Gasteiger partial charge in [-0.3, -0.25) is 4.68 Å². The molecule has 0 radical (unpaired) electrons. The summed E-state index contributed by atoms with van der Waals surface area (Å²) in [6.45, 7) is 7.32. The van der Waals surface area contributed by atoms with Gasteiger partial charge in [0, 0.05) is 6.54 Å². The normalized spacial score (nSPS) is 12.7. The number of nitrogens with one attached hydrogen (secondary N) is 1. The molecule has 1 aromatic heterocycles. The summed E-state index contributed by atoms with van der Waals surface area (Å²) >= 11 is 0. The Labute approximate surface area is 127 Å². The molecule has 2 aromatic rings. The zero-order valence-electron chi connectivity index (χ0n) is 13.6. The molecule has 4 nitrogen and oxygen atoms in total. The number of ether oxygens (including phenoxy) is 1. The molecule has 0 amide bonds. The number of hydrogen-bond acceptors (Lipinski definition) is 3. The summed E-state index contributed by atoms with van der Waals surface area (Å²) in [6, 6.07) is 8.84. The van der Waals surface area contributed by atoms with Gasteiger partial charge in [0.15, 0.2) is 5.75 Å². The van der Waals surface area contributed by atoms with Gasteiger partial charge >= 0.3 is 0 Å². The fourth-order valence-electron chi connectivity index (χ4n) is 2.61. The molecule has 0 aliphatic carbocycles. The van der Waals surface area contributed by atoms with Crippen molar-refractivity contribution in [3.05, 3.63) is 47.3 Å². The van der Waals surface area contributed by atoms with Gasteiger partial charge < -0.3 is 10.1 Å². The minimum Gasteiger partial charge on any atom is -0.493 e. The summed E-state index contributed by atoms with van der Waals surface area (Å²) in [7, 11) is 3.66. The van der Waals surface area contributed by atoms with Crippen LogP contribution >= 0.6 is 0 Å². The Bertz CT molecular complexity index is 551. The van der Waals surface area contributed by atoms with Crippen LogP contribution in [0.1, 0.15) is 49.6 Å². The third kappa shape index (κ3) is 3.10. The molecule has 1 N–H and O–H groups in total. The van der Waals surface area contributed by atoms with E-state index in [1.165, 1.54) is 11.1 Å². The van der Waals surface area contributed by atoms with Crippen molar-refractivity contribution < 1.29 is 4.74 Å². The van der Waals surface area contributed by atoms with Crippen LogP contribution in [-0.2, 0) is 6.54 Å². The van der Waals surface area contributed by atoms with Gasteiger partial charge in [0.2, 0.25) is 0 Å². The molecule has 0 fully saturated rings. The highest BCUT2D eigenvalue weighted by Gasteiger charge is 2.21. The predicted octanol–water partition coefficient (Wildman–Crippen LogP) is 3.34. The van der Waals surface area contributed by atoms with Gasteiger partial charge in [0.05, 0.1) is 19.3 Å². The summed E-state index contributed by atoms with van der Waals surface area (Å²) in [5, 5.41) is 7.78. The van der Waals surface area contributed by atoms with Crippen LogP contribution in [0.15, 0.2) is 30.5 Å². The molecule has 2 rings (SSSR count). The molecule has 21 heavy (non-hydrogen) atoms. The van der Waals surface area contributed by atoms with E-state index in [0.717, 1.165) is 18.0 Å². The average Bonchev–Trinajstić information content (AvgIpc) is 2.91. The second kappa shape index (κ2) is 6.76. The van der Waals surface area contributed by atoms with Crippen LogP contribution in [0.3, 0.4) is 0 Å². The zero-order valence-corrected chi connectivity index (χ0v) is 13.6. The Kier molecular flexibility index (Phi) is 5.02. The summed E-state index contributed by atoms with van der Waals surface area (Å²) < 4.78 is 7.45. The largest absolute Gasteiger partial charge is 0.493 e.